The Bertz CT molecular complexity index is 1220. The Hall–Kier alpha value is -1.95. The fourth-order valence-electron chi connectivity index (χ4n) is 5.01. The number of aromatic nitrogens is 2. The van der Waals surface area contributed by atoms with Gasteiger partial charge in [-0.15, -0.1) is 11.3 Å². The molecule has 11 heteroatoms. The van der Waals surface area contributed by atoms with E-state index in [9.17, 15) is 18.3 Å². The highest BCUT2D eigenvalue weighted by atomic mass is 35.5. The Morgan fingerprint density at radius 3 is 2.51 bits per heavy atom. The molecule has 0 amide bonds. The lowest BCUT2D eigenvalue weighted by atomic mass is 9.84. The van der Waals surface area contributed by atoms with E-state index in [-0.39, 0.29) is 12.2 Å². The van der Waals surface area contributed by atoms with Crippen LogP contribution in [-0.2, 0) is 34.1 Å². The lowest BCUT2D eigenvalue weighted by molar-refractivity contribution is -0.182. The van der Waals surface area contributed by atoms with Gasteiger partial charge in [0.2, 0.25) is 0 Å². The molecule has 2 fully saturated rings. The van der Waals surface area contributed by atoms with Gasteiger partial charge in [-0.1, -0.05) is 23.7 Å². The number of hydrogen-bond donors (Lipinski definition) is 1. The van der Waals surface area contributed by atoms with E-state index in [0.717, 1.165) is 18.8 Å². The number of aliphatic hydroxyl groups excluding tert-OH is 1. The van der Waals surface area contributed by atoms with Gasteiger partial charge in [-0.05, 0) is 43.9 Å². The standard InChI is InChI=1S/C22H21ClF3N3O2S.C4H8O/c23-19-9-15-20(32-19)21(31-13-22(15,25)26)5-7-28(8-6-21)10-14-11-29(27-17(14)12-30)18-4-2-1-3-16(18)24;1-2-4-5-3-1/h1-4,9,11,30H,5-8,10,12-13H2;1-4H2. The molecule has 6 nitrogen and oxygen atoms in total. The van der Waals surface area contributed by atoms with Crippen LogP contribution in [0.3, 0.4) is 0 Å². The number of para-hydroxylation sites is 1. The zero-order valence-electron chi connectivity index (χ0n) is 20.3. The third-order valence-corrected chi connectivity index (χ3v) is 8.50. The molecule has 1 aromatic carbocycles. The molecule has 6 rings (SSSR count). The maximum Gasteiger partial charge on any atom is 0.297 e. The van der Waals surface area contributed by atoms with Crippen molar-refractivity contribution in [1.82, 2.24) is 14.7 Å². The van der Waals surface area contributed by atoms with Crippen LogP contribution in [0.4, 0.5) is 13.2 Å². The van der Waals surface area contributed by atoms with Crippen molar-refractivity contribution in [2.75, 3.05) is 32.9 Å². The number of aliphatic hydroxyl groups is 1. The second-order valence-electron chi connectivity index (χ2n) is 9.53. The number of halogens is 4. The summed E-state index contributed by atoms with van der Waals surface area (Å²) in [5.74, 6) is -3.43. The Morgan fingerprint density at radius 2 is 1.86 bits per heavy atom. The minimum atomic E-state index is -3.03. The average molecular weight is 556 g/mol. The molecule has 0 radical (unpaired) electrons. The number of alkyl halides is 2. The second-order valence-corrected chi connectivity index (χ2v) is 11.2. The molecule has 2 saturated heterocycles. The summed E-state index contributed by atoms with van der Waals surface area (Å²) < 4.78 is 55.3. The Labute approximate surface area is 222 Å². The molecule has 3 aliphatic heterocycles. The second kappa shape index (κ2) is 11.0. The summed E-state index contributed by atoms with van der Waals surface area (Å²) in [6.07, 6.45) is 5.40. The summed E-state index contributed by atoms with van der Waals surface area (Å²) >= 11 is 7.24. The van der Waals surface area contributed by atoms with E-state index in [1.807, 2.05) is 0 Å². The van der Waals surface area contributed by atoms with Gasteiger partial charge in [0.25, 0.3) is 5.92 Å². The third-order valence-electron chi connectivity index (χ3n) is 7.05. The van der Waals surface area contributed by atoms with Gasteiger partial charge in [0.15, 0.2) is 0 Å². The monoisotopic (exact) mass is 555 g/mol. The molecule has 3 aliphatic rings. The average Bonchev–Trinajstić information content (AvgIpc) is 3.66. The number of hydrogen-bond acceptors (Lipinski definition) is 6. The van der Waals surface area contributed by atoms with Gasteiger partial charge in [-0.25, -0.2) is 9.07 Å². The summed E-state index contributed by atoms with van der Waals surface area (Å²) in [5.41, 5.74) is 0.824. The first kappa shape index (κ1) is 26.6. The normalized spacial score (nSPS) is 20.5. The number of thiophene rings is 1. The van der Waals surface area contributed by atoms with Crippen molar-refractivity contribution in [3.8, 4) is 5.69 Å². The van der Waals surface area contributed by atoms with E-state index in [0.29, 0.717) is 53.1 Å². The summed E-state index contributed by atoms with van der Waals surface area (Å²) in [6.45, 7) is 2.85. The molecular weight excluding hydrogens is 527 g/mol. The molecular formula is C26H29ClF3N3O3S. The SMILES string of the molecule is C1CCOC1.OCc1nn(-c2ccccc2F)cc1CN1CCC2(CC1)OCC(F)(F)c1cc(Cl)sc12. The van der Waals surface area contributed by atoms with Crippen molar-refractivity contribution in [3.05, 3.63) is 68.4 Å². The van der Waals surface area contributed by atoms with Crippen LogP contribution in [-0.4, -0.2) is 52.7 Å². The number of nitrogens with zero attached hydrogens (tertiary/aromatic N) is 3. The topological polar surface area (TPSA) is 59.8 Å². The minimum Gasteiger partial charge on any atom is -0.390 e. The van der Waals surface area contributed by atoms with E-state index in [4.69, 9.17) is 21.1 Å². The lowest BCUT2D eigenvalue weighted by Crippen LogP contribution is -2.48. The molecule has 0 saturated carbocycles. The van der Waals surface area contributed by atoms with Crippen LogP contribution in [0.2, 0.25) is 4.34 Å². The maximum absolute atomic E-state index is 14.3. The van der Waals surface area contributed by atoms with Gasteiger partial charge < -0.3 is 14.6 Å². The fourth-order valence-corrected chi connectivity index (χ4v) is 6.49. The summed E-state index contributed by atoms with van der Waals surface area (Å²) in [4.78, 5) is 2.69. The zero-order valence-corrected chi connectivity index (χ0v) is 21.8. The smallest absolute Gasteiger partial charge is 0.297 e. The van der Waals surface area contributed by atoms with Crippen LogP contribution < -0.4 is 0 Å². The van der Waals surface area contributed by atoms with Crippen LogP contribution in [0.5, 0.6) is 0 Å². The van der Waals surface area contributed by atoms with Gasteiger partial charge >= 0.3 is 0 Å². The van der Waals surface area contributed by atoms with E-state index in [1.165, 1.54) is 41.0 Å². The molecule has 0 unspecified atom stereocenters. The number of rotatable bonds is 4. The molecule has 0 bridgehead atoms. The van der Waals surface area contributed by atoms with Crippen LogP contribution >= 0.6 is 22.9 Å². The lowest BCUT2D eigenvalue weighted by Gasteiger charge is -2.45. The first-order chi connectivity index (χ1) is 17.8. The predicted octanol–water partition coefficient (Wildman–Crippen LogP) is 5.63. The summed E-state index contributed by atoms with van der Waals surface area (Å²) in [7, 11) is 0. The number of fused-ring (bicyclic) bond motifs is 2. The van der Waals surface area contributed by atoms with Crippen LogP contribution in [0.1, 0.15) is 47.4 Å². The highest BCUT2D eigenvalue weighted by Gasteiger charge is 2.51. The highest BCUT2D eigenvalue weighted by molar-refractivity contribution is 7.16. The number of piperidine rings is 1. The zero-order chi connectivity index (χ0) is 26.0. The van der Waals surface area contributed by atoms with Gasteiger partial charge in [0, 0.05) is 55.0 Å². The van der Waals surface area contributed by atoms with Crippen molar-refractivity contribution in [3.63, 3.8) is 0 Å². The number of benzene rings is 1. The van der Waals surface area contributed by atoms with Crippen molar-refractivity contribution < 1.29 is 27.8 Å². The Balaban J connectivity index is 0.000000503. The highest BCUT2D eigenvalue weighted by Crippen LogP contribution is 2.52. The molecule has 3 aromatic rings. The molecule has 37 heavy (non-hydrogen) atoms. The van der Waals surface area contributed by atoms with Crippen molar-refractivity contribution >= 4 is 22.9 Å². The molecule has 0 atom stereocenters. The van der Waals surface area contributed by atoms with Gasteiger partial charge in [-0.2, -0.15) is 13.9 Å². The minimum absolute atomic E-state index is 0.0130. The van der Waals surface area contributed by atoms with E-state index in [2.05, 4.69) is 10.00 Å². The Morgan fingerprint density at radius 1 is 1.14 bits per heavy atom. The summed E-state index contributed by atoms with van der Waals surface area (Å²) in [6, 6.07) is 7.68. The summed E-state index contributed by atoms with van der Waals surface area (Å²) in [5, 5.41) is 14.1. The van der Waals surface area contributed by atoms with E-state index >= 15 is 0 Å². The van der Waals surface area contributed by atoms with Gasteiger partial charge in [-0.3, -0.25) is 4.90 Å². The number of ether oxygens (including phenoxy) is 2. The molecule has 0 aliphatic carbocycles. The predicted molar refractivity (Wildman–Crippen MR) is 135 cm³/mol. The molecule has 2 aromatic heterocycles. The van der Waals surface area contributed by atoms with Gasteiger partial charge in [0.1, 0.15) is 23.7 Å². The number of likely N-dealkylation sites (tertiary alicyclic amines) is 1. The largest absolute Gasteiger partial charge is 0.390 e. The quantitative estimate of drug-likeness (QED) is 0.452. The van der Waals surface area contributed by atoms with Crippen LogP contribution in [0, 0.1) is 5.82 Å². The van der Waals surface area contributed by atoms with Crippen molar-refractivity contribution in [1.29, 1.82) is 0 Å². The van der Waals surface area contributed by atoms with Gasteiger partial charge in [0.05, 0.1) is 16.6 Å². The third kappa shape index (κ3) is 5.60. The van der Waals surface area contributed by atoms with Crippen molar-refractivity contribution in [2.24, 2.45) is 0 Å². The van der Waals surface area contributed by atoms with E-state index < -0.39 is 23.9 Å². The van der Waals surface area contributed by atoms with Crippen LogP contribution in [0.25, 0.3) is 5.69 Å². The molecule has 1 N–H and O–H groups in total. The van der Waals surface area contributed by atoms with E-state index in [1.54, 1.807) is 24.4 Å². The molecule has 200 valence electrons. The first-order valence-electron chi connectivity index (χ1n) is 12.4. The first-order valence-corrected chi connectivity index (χ1v) is 13.6. The Kier molecular flexibility index (Phi) is 7.95. The molecule has 1 spiro atoms. The fraction of sp³-hybridized carbons (Fsp3) is 0.500. The molecule has 5 heterocycles. The maximum atomic E-state index is 14.3. The van der Waals surface area contributed by atoms with Crippen LogP contribution in [0.15, 0.2) is 36.5 Å². The van der Waals surface area contributed by atoms with Crippen molar-refractivity contribution in [2.45, 2.75) is 50.4 Å².